The minimum Gasteiger partial charge on any atom is -0.351 e. The van der Waals surface area contributed by atoms with Crippen molar-refractivity contribution in [1.29, 1.82) is 0 Å². The molecule has 100 valence electrons. The molecule has 4 heteroatoms. The number of carbonyl (C=O) groups excluding carboxylic acids is 1. The average molecular weight is 277 g/mol. The molecule has 2 rings (SSSR count). The summed E-state index contributed by atoms with van der Waals surface area (Å²) in [5.74, 6) is -0.117. The fraction of sp³-hybridized carbons (Fsp3) is 0.333. The summed E-state index contributed by atoms with van der Waals surface area (Å²) in [7, 11) is 0. The number of rotatable bonds is 4. The van der Waals surface area contributed by atoms with E-state index in [1.807, 2.05) is 25.1 Å². The molecule has 0 aliphatic heterocycles. The molecule has 1 N–H and O–H groups in total. The number of aryl methyl sites for hydroxylation is 1. The van der Waals surface area contributed by atoms with Crippen LogP contribution in [0, 0.1) is 6.92 Å². The van der Waals surface area contributed by atoms with Crippen LogP contribution < -0.4 is 5.32 Å². The lowest BCUT2D eigenvalue weighted by Gasteiger charge is -2.07. The van der Waals surface area contributed by atoms with Gasteiger partial charge in [0.25, 0.3) is 5.91 Å². The monoisotopic (exact) mass is 276 g/mol. The van der Waals surface area contributed by atoms with Gasteiger partial charge < -0.3 is 5.32 Å². The smallest absolute Gasteiger partial charge is 0.269 e. The van der Waals surface area contributed by atoms with Gasteiger partial charge in [0.2, 0.25) is 0 Å². The molecule has 19 heavy (non-hydrogen) atoms. The van der Waals surface area contributed by atoms with E-state index < -0.39 is 0 Å². The predicted molar refractivity (Wildman–Crippen MR) is 78.7 cm³/mol. The van der Waals surface area contributed by atoms with E-state index >= 15 is 0 Å². The molecule has 0 atom stereocenters. The molecular weight excluding hydrogens is 260 g/mol. The molecule has 1 aromatic heterocycles. The highest BCUT2D eigenvalue weighted by atomic mass is 35.5. The second-order valence-corrected chi connectivity index (χ2v) is 5.00. The number of nitrogens with one attached hydrogen (secondary N) is 1. The Labute approximate surface area is 118 Å². The first-order valence-corrected chi connectivity index (χ1v) is 6.84. The molecule has 0 aliphatic rings. The number of aromatic nitrogens is 1. The Morgan fingerprint density at radius 1 is 1.37 bits per heavy atom. The number of unbranched alkanes of at least 4 members (excludes halogenated alkanes) is 1. The van der Waals surface area contributed by atoms with Crippen molar-refractivity contribution < 1.29 is 4.79 Å². The van der Waals surface area contributed by atoms with Crippen molar-refractivity contribution in [2.45, 2.75) is 26.7 Å². The first-order chi connectivity index (χ1) is 9.11. The summed E-state index contributed by atoms with van der Waals surface area (Å²) in [6.07, 6.45) is 2.04. The van der Waals surface area contributed by atoms with Crippen molar-refractivity contribution in [1.82, 2.24) is 10.3 Å². The lowest BCUT2D eigenvalue weighted by atomic mass is 10.1. The second-order valence-electron chi connectivity index (χ2n) is 4.57. The van der Waals surface area contributed by atoms with Gasteiger partial charge in [-0.2, -0.15) is 0 Å². The number of halogens is 1. The number of pyridine rings is 1. The highest BCUT2D eigenvalue weighted by Crippen LogP contribution is 2.22. The van der Waals surface area contributed by atoms with Crippen LogP contribution in [-0.2, 0) is 0 Å². The number of amides is 1. The van der Waals surface area contributed by atoms with Crippen molar-refractivity contribution in [2.24, 2.45) is 0 Å². The Bertz CT molecular complexity index is 610. The standard InChI is InChI=1S/C15H17ClN2O/c1-3-4-7-17-15(19)14-8-11-5-6-12(16)9-13(11)10(2)18-14/h5-6,8-9H,3-4,7H2,1-2H3,(H,17,19). The van der Waals surface area contributed by atoms with Crippen LogP contribution in [-0.4, -0.2) is 17.4 Å². The quantitative estimate of drug-likeness (QED) is 0.865. The van der Waals surface area contributed by atoms with Crippen LogP contribution in [0.25, 0.3) is 10.8 Å². The van der Waals surface area contributed by atoms with Crippen LogP contribution in [0.15, 0.2) is 24.3 Å². The zero-order valence-corrected chi connectivity index (χ0v) is 11.9. The summed E-state index contributed by atoms with van der Waals surface area (Å²) in [6.45, 7) is 4.67. The van der Waals surface area contributed by atoms with E-state index in [0.717, 1.165) is 29.3 Å². The van der Waals surface area contributed by atoms with Crippen LogP contribution in [0.5, 0.6) is 0 Å². The van der Waals surface area contributed by atoms with Crippen LogP contribution in [0.1, 0.15) is 35.9 Å². The third kappa shape index (κ3) is 3.24. The molecule has 0 radical (unpaired) electrons. The maximum atomic E-state index is 12.0. The summed E-state index contributed by atoms with van der Waals surface area (Å²) >= 11 is 5.97. The van der Waals surface area contributed by atoms with E-state index in [2.05, 4.69) is 17.2 Å². The van der Waals surface area contributed by atoms with Crippen molar-refractivity contribution >= 4 is 28.3 Å². The normalized spacial score (nSPS) is 10.7. The van der Waals surface area contributed by atoms with Crippen molar-refractivity contribution in [3.63, 3.8) is 0 Å². The summed E-state index contributed by atoms with van der Waals surface area (Å²) < 4.78 is 0. The van der Waals surface area contributed by atoms with Gasteiger partial charge >= 0.3 is 0 Å². The maximum Gasteiger partial charge on any atom is 0.269 e. The van der Waals surface area contributed by atoms with Gasteiger partial charge in [0, 0.05) is 22.6 Å². The Balaban J connectivity index is 2.30. The molecule has 0 unspecified atom stereocenters. The summed E-state index contributed by atoms with van der Waals surface area (Å²) in [5.41, 5.74) is 1.28. The zero-order chi connectivity index (χ0) is 13.8. The van der Waals surface area contributed by atoms with Crippen LogP contribution in [0.2, 0.25) is 5.02 Å². The summed E-state index contributed by atoms with van der Waals surface area (Å²) in [4.78, 5) is 16.3. The third-order valence-electron chi connectivity index (χ3n) is 3.03. The molecule has 1 amide bonds. The van der Waals surface area contributed by atoms with Gasteiger partial charge in [-0.1, -0.05) is 31.0 Å². The van der Waals surface area contributed by atoms with Gasteiger partial charge in [0.05, 0.1) is 0 Å². The first-order valence-electron chi connectivity index (χ1n) is 6.47. The van der Waals surface area contributed by atoms with Crippen molar-refractivity contribution in [3.05, 3.63) is 40.7 Å². The van der Waals surface area contributed by atoms with Crippen molar-refractivity contribution in [2.75, 3.05) is 6.54 Å². The Morgan fingerprint density at radius 3 is 2.89 bits per heavy atom. The van der Waals surface area contributed by atoms with E-state index in [0.29, 0.717) is 17.3 Å². The highest BCUT2D eigenvalue weighted by molar-refractivity contribution is 6.31. The lowest BCUT2D eigenvalue weighted by Crippen LogP contribution is -2.25. The zero-order valence-electron chi connectivity index (χ0n) is 11.2. The number of hydrogen-bond donors (Lipinski definition) is 1. The maximum absolute atomic E-state index is 12.0. The molecule has 0 spiro atoms. The number of nitrogens with zero attached hydrogens (tertiary/aromatic N) is 1. The molecular formula is C15H17ClN2O. The van der Waals surface area contributed by atoms with Gasteiger partial charge in [-0.15, -0.1) is 0 Å². The van der Waals surface area contributed by atoms with Gasteiger partial charge in [0.15, 0.2) is 0 Å². The molecule has 1 aromatic carbocycles. The lowest BCUT2D eigenvalue weighted by molar-refractivity contribution is 0.0948. The molecule has 0 fully saturated rings. The van der Waals surface area contributed by atoms with E-state index in [9.17, 15) is 4.79 Å². The molecule has 0 bridgehead atoms. The summed E-state index contributed by atoms with van der Waals surface area (Å²) in [5, 5.41) is 5.52. The number of carbonyl (C=O) groups is 1. The second kappa shape index (κ2) is 6.02. The fourth-order valence-corrected chi connectivity index (χ4v) is 2.15. The summed E-state index contributed by atoms with van der Waals surface area (Å²) in [6, 6.07) is 7.41. The van der Waals surface area contributed by atoms with Crippen molar-refractivity contribution in [3.8, 4) is 0 Å². The van der Waals surface area contributed by atoms with Crippen LogP contribution in [0.3, 0.4) is 0 Å². The van der Waals surface area contributed by atoms with Crippen LogP contribution >= 0.6 is 11.6 Å². The first kappa shape index (κ1) is 13.8. The number of fused-ring (bicyclic) bond motifs is 1. The van der Waals surface area contributed by atoms with Crippen LogP contribution in [0.4, 0.5) is 0 Å². The predicted octanol–water partition coefficient (Wildman–Crippen LogP) is 3.73. The van der Waals surface area contributed by atoms with Gasteiger partial charge in [-0.3, -0.25) is 4.79 Å². The minimum atomic E-state index is -0.117. The topological polar surface area (TPSA) is 42.0 Å². The molecule has 0 saturated carbocycles. The number of benzene rings is 1. The molecule has 2 aromatic rings. The van der Waals surface area contributed by atoms with Gasteiger partial charge in [0.1, 0.15) is 5.69 Å². The Hall–Kier alpha value is -1.61. The fourth-order valence-electron chi connectivity index (χ4n) is 1.97. The van der Waals surface area contributed by atoms with Gasteiger partial charge in [-0.25, -0.2) is 4.98 Å². The third-order valence-corrected chi connectivity index (χ3v) is 3.27. The van der Waals surface area contributed by atoms with E-state index in [-0.39, 0.29) is 5.91 Å². The van der Waals surface area contributed by atoms with E-state index in [4.69, 9.17) is 11.6 Å². The molecule has 0 aliphatic carbocycles. The SMILES string of the molecule is CCCCNC(=O)c1cc2ccc(Cl)cc2c(C)n1. The molecule has 3 nitrogen and oxygen atoms in total. The minimum absolute atomic E-state index is 0.117. The molecule has 0 saturated heterocycles. The van der Waals surface area contributed by atoms with E-state index in [1.54, 1.807) is 6.07 Å². The van der Waals surface area contributed by atoms with E-state index in [1.165, 1.54) is 0 Å². The average Bonchev–Trinajstić information content (AvgIpc) is 2.39. The largest absolute Gasteiger partial charge is 0.351 e. The molecule has 1 heterocycles. The highest BCUT2D eigenvalue weighted by Gasteiger charge is 2.10. The van der Waals surface area contributed by atoms with Gasteiger partial charge in [-0.05, 0) is 36.9 Å². The number of hydrogen-bond acceptors (Lipinski definition) is 2. The Morgan fingerprint density at radius 2 is 2.16 bits per heavy atom. The Kier molecular flexibility index (Phi) is 4.38.